The van der Waals surface area contributed by atoms with Gasteiger partial charge in [0.1, 0.15) is 0 Å². The van der Waals surface area contributed by atoms with Crippen molar-refractivity contribution in [1.29, 1.82) is 0 Å². The normalized spacial score (nSPS) is 50.6. The summed E-state index contributed by atoms with van der Waals surface area (Å²) in [6, 6.07) is 0. The molecule has 3 nitrogen and oxygen atoms in total. The van der Waals surface area contributed by atoms with Crippen LogP contribution < -0.4 is 0 Å². The van der Waals surface area contributed by atoms with Crippen LogP contribution in [0.2, 0.25) is 0 Å². The Labute approximate surface area is 328 Å². The molecule has 0 aliphatic heterocycles. The molecule has 0 heterocycles. The molecule has 0 aromatic heterocycles. The number of aliphatic hydroxyl groups excluding tert-OH is 3. The molecule has 10 atom stereocenters. The van der Waals surface area contributed by atoms with Crippen molar-refractivity contribution in [2.24, 2.45) is 56.7 Å². The van der Waals surface area contributed by atoms with E-state index in [1.807, 2.05) is 0 Å². The minimum atomic E-state index is -0.171. The van der Waals surface area contributed by atoms with Gasteiger partial charge in [-0.05, 0) is 126 Å². The first-order valence-corrected chi connectivity index (χ1v) is 14.0. The molecule has 5 saturated carbocycles. The molecule has 0 saturated heterocycles. The summed E-state index contributed by atoms with van der Waals surface area (Å²) in [5.41, 5.74) is 1.92. The summed E-state index contributed by atoms with van der Waals surface area (Å²) in [4.78, 5) is 0. The number of aliphatic hydroxyl groups is 3. The van der Waals surface area contributed by atoms with Crippen LogP contribution in [0.4, 0.5) is 0 Å². The fourth-order valence-corrected chi connectivity index (χ4v) is 11.6. The first-order chi connectivity index (χ1) is 15.4. The summed E-state index contributed by atoms with van der Waals surface area (Å²) in [6.45, 7) is 17.2. The van der Waals surface area contributed by atoms with E-state index in [-0.39, 0.29) is 161 Å². The van der Waals surface area contributed by atoms with Crippen molar-refractivity contribution in [3.05, 3.63) is 12.2 Å². The minimum absolute atomic E-state index is 0. The van der Waals surface area contributed by atoms with E-state index in [4.69, 9.17) is 0 Å². The number of hydrogen-bond acceptors (Lipinski definition) is 3. The van der Waals surface area contributed by atoms with Crippen LogP contribution in [0.5, 0.6) is 0 Å². The van der Waals surface area contributed by atoms with E-state index in [1.54, 1.807) is 0 Å². The Hall–Kier alpha value is 3.94. The Balaban J connectivity index is 0.00000152. The minimum Gasteiger partial charge on any atom is -0.396 e. The Kier molecular flexibility index (Phi) is 12.6. The second kappa shape index (κ2) is 12.5. The molecule has 5 fully saturated rings. The number of rotatable bonds is 3. The van der Waals surface area contributed by atoms with Gasteiger partial charge in [-0.2, -0.15) is 0 Å². The quantitative estimate of drug-likeness (QED) is 0.306. The van der Waals surface area contributed by atoms with Gasteiger partial charge in [-0.25, -0.2) is 0 Å². The summed E-state index contributed by atoms with van der Waals surface area (Å²) in [6.07, 6.45) is 11.5. The van der Waals surface area contributed by atoms with Crippen molar-refractivity contribution < 1.29 is 148 Å². The Morgan fingerprint density at radius 1 is 0.750 bits per heavy atom. The molecule has 197 valence electrons. The molecular weight excluding hydrogens is 1090 g/mol. The van der Waals surface area contributed by atoms with Gasteiger partial charge >= 0.3 is 0 Å². The van der Waals surface area contributed by atoms with Gasteiger partial charge in [0.15, 0.2) is 0 Å². The summed E-state index contributed by atoms with van der Waals surface area (Å²) >= 11 is 0. The van der Waals surface area contributed by atoms with Crippen molar-refractivity contribution in [1.82, 2.24) is 0 Å². The van der Waals surface area contributed by atoms with Crippen molar-refractivity contribution in [2.45, 2.75) is 105 Å². The second-order valence-electron chi connectivity index (χ2n) is 14.6. The van der Waals surface area contributed by atoms with Crippen molar-refractivity contribution in [3.8, 4) is 0 Å². The van der Waals surface area contributed by atoms with Gasteiger partial charge < -0.3 is 15.3 Å². The molecule has 5 rings (SSSR count). The zero-order valence-electron chi connectivity index (χ0n) is 23.7. The van der Waals surface area contributed by atoms with Crippen LogP contribution in [-0.4, -0.2) is 34.6 Å². The van der Waals surface area contributed by atoms with Crippen LogP contribution in [0.25, 0.3) is 0 Å². The summed E-state index contributed by atoms with van der Waals surface area (Å²) < 4.78 is 0. The van der Waals surface area contributed by atoms with E-state index in [9.17, 15) is 15.3 Å². The zero-order valence-corrected chi connectivity index (χ0v) is 38.0. The van der Waals surface area contributed by atoms with Crippen LogP contribution in [0.3, 0.4) is 0 Å². The Morgan fingerprint density at radius 3 is 2.03 bits per heavy atom. The summed E-state index contributed by atoms with van der Waals surface area (Å²) in [7, 11) is 0. The average molecular weight is 1140 g/mol. The third kappa shape index (κ3) is 4.98. The van der Waals surface area contributed by atoms with Gasteiger partial charge in [0, 0.05) is 139 Å². The SMILES string of the molecule is C=C(CO)[C@@H]1CC[C@]2(CO)CC[C@]3(C)C(CCC4[C@@]5(C)CCC(O)C(C)(C)C5CC[C@]43C)C12.[Ac].[Ac].[Ac]. The van der Waals surface area contributed by atoms with E-state index in [2.05, 4.69) is 41.2 Å². The molecule has 0 spiro atoms. The van der Waals surface area contributed by atoms with Gasteiger partial charge in [-0.3, -0.25) is 0 Å². The Bertz CT molecular complexity index is 819. The molecular formula is C30H50Ac3O3. The molecule has 0 bridgehead atoms. The van der Waals surface area contributed by atoms with Crippen LogP contribution in [0.1, 0.15) is 98.8 Å². The van der Waals surface area contributed by atoms with E-state index in [1.165, 1.54) is 32.1 Å². The van der Waals surface area contributed by atoms with Crippen LogP contribution in [0, 0.1) is 189 Å². The number of fused-ring (bicyclic) bond motifs is 7. The van der Waals surface area contributed by atoms with Crippen LogP contribution in [0.15, 0.2) is 12.2 Å². The topological polar surface area (TPSA) is 60.7 Å². The Morgan fingerprint density at radius 2 is 1.42 bits per heavy atom. The van der Waals surface area contributed by atoms with E-state index in [0.717, 1.165) is 37.7 Å². The van der Waals surface area contributed by atoms with Crippen molar-refractivity contribution in [3.63, 3.8) is 0 Å². The molecule has 36 heavy (non-hydrogen) atoms. The average Bonchev–Trinajstić information content (AvgIpc) is 3.17. The second-order valence-corrected chi connectivity index (χ2v) is 14.6. The number of hydrogen-bond donors (Lipinski definition) is 3. The molecule has 3 radical (unpaired) electrons. The fraction of sp³-hybridized carbons (Fsp3) is 0.933. The van der Waals surface area contributed by atoms with Crippen LogP contribution >= 0.6 is 0 Å². The predicted molar refractivity (Wildman–Crippen MR) is 133 cm³/mol. The molecule has 0 aromatic rings. The van der Waals surface area contributed by atoms with E-state index < -0.39 is 0 Å². The maximum Gasteiger partial charge on any atom is 0.0641 e. The third-order valence-corrected chi connectivity index (χ3v) is 13.6. The summed E-state index contributed by atoms with van der Waals surface area (Å²) in [5, 5.41) is 31.5. The van der Waals surface area contributed by atoms with Crippen molar-refractivity contribution >= 4 is 0 Å². The fourth-order valence-electron chi connectivity index (χ4n) is 11.6. The standard InChI is InChI=1S/C30H50O3.3Ac/c1-19(17-31)20-9-14-30(18-32)16-15-28(5)21(25(20)30)7-8-23-27(4)12-11-24(33)26(2,3)22(27)10-13-29(23,28)6;;;/h20-25,31-33H,1,7-18H2,2-6H3;;;/t20-,21?,22?,23?,24?,25?,27-,28+,29+,30+;;;/m0.../s1. The van der Waals surface area contributed by atoms with Crippen molar-refractivity contribution in [2.75, 3.05) is 13.2 Å². The first-order valence-electron chi connectivity index (χ1n) is 14.0. The molecule has 0 amide bonds. The molecule has 5 aliphatic carbocycles. The third-order valence-electron chi connectivity index (χ3n) is 13.6. The maximum absolute atomic E-state index is 10.9. The zero-order chi connectivity index (χ0) is 24.0. The van der Waals surface area contributed by atoms with Gasteiger partial charge in [0.05, 0.1) is 12.7 Å². The predicted octanol–water partition coefficient (Wildman–Crippen LogP) is 5.97. The molecule has 5 aliphatic rings. The van der Waals surface area contributed by atoms with E-state index >= 15 is 0 Å². The molecule has 3 N–H and O–H groups in total. The molecule has 0 aromatic carbocycles. The van der Waals surface area contributed by atoms with Crippen LogP contribution in [-0.2, 0) is 0 Å². The van der Waals surface area contributed by atoms with E-state index in [0.29, 0.717) is 47.0 Å². The molecule has 5 unspecified atom stereocenters. The maximum atomic E-state index is 10.9. The van der Waals surface area contributed by atoms with Gasteiger partial charge in [-0.15, -0.1) is 0 Å². The first kappa shape index (κ1) is 36.1. The van der Waals surface area contributed by atoms with Gasteiger partial charge in [0.2, 0.25) is 0 Å². The van der Waals surface area contributed by atoms with Gasteiger partial charge in [0.25, 0.3) is 0 Å². The smallest absolute Gasteiger partial charge is 0.0641 e. The molecule has 6 heteroatoms. The van der Waals surface area contributed by atoms with Gasteiger partial charge in [-0.1, -0.05) is 41.2 Å². The monoisotopic (exact) mass is 1140 g/mol. The largest absolute Gasteiger partial charge is 0.396 e. The summed E-state index contributed by atoms with van der Waals surface area (Å²) in [5.74, 6) is 2.74.